The van der Waals surface area contributed by atoms with Gasteiger partial charge in [0, 0.05) is 5.56 Å². The molecule has 2 aromatic rings. The number of H-pyrrole nitrogens is 1. The second-order valence-corrected chi connectivity index (χ2v) is 8.14. The summed E-state index contributed by atoms with van der Waals surface area (Å²) in [5.41, 5.74) is 1.47. The van der Waals surface area contributed by atoms with E-state index in [1.54, 1.807) is 6.92 Å². The minimum Gasteiger partial charge on any atom is -0.294 e. The van der Waals surface area contributed by atoms with E-state index < -0.39 is 15.4 Å². The Labute approximate surface area is 123 Å². The van der Waals surface area contributed by atoms with E-state index >= 15 is 0 Å². The average Bonchev–Trinajstić information content (AvgIpc) is 2.90. The molecule has 21 heavy (non-hydrogen) atoms. The number of benzene rings is 1. The maximum absolute atomic E-state index is 12.5. The summed E-state index contributed by atoms with van der Waals surface area (Å²) < 4.78 is 25.0. The van der Waals surface area contributed by atoms with Crippen LogP contribution in [0.2, 0.25) is 0 Å². The molecule has 1 aromatic carbocycles. The summed E-state index contributed by atoms with van der Waals surface area (Å²) in [4.78, 5) is 12.5. The van der Waals surface area contributed by atoms with Crippen LogP contribution in [0.25, 0.3) is 11.3 Å². The summed E-state index contributed by atoms with van der Waals surface area (Å²) in [5.74, 6) is 0.142. The van der Waals surface area contributed by atoms with E-state index in [1.165, 1.54) is 4.68 Å². The molecule has 1 N–H and O–H groups in total. The second kappa shape index (κ2) is 4.59. The number of hydrogen-bond donors (Lipinski definition) is 1. The highest BCUT2D eigenvalue weighted by atomic mass is 32.2. The van der Waals surface area contributed by atoms with Gasteiger partial charge in [0.05, 0.1) is 22.7 Å². The molecule has 1 unspecified atom stereocenters. The molecule has 3 rings (SSSR count). The first-order chi connectivity index (χ1) is 9.82. The Morgan fingerprint density at radius 1 is 1.24 bits per heavy atom. The number of aromatic nitrogens is 2. The lowest BCUT2D eigenvalue weighted by Gasteiger charge is -2.22. The smallest absolute Gasteiger partial charge is 0.270 e. The van der Waals surface area contributed by atoms with Crippen molar-refractivity contribution in [1.82, 2.24) is 9.78 Å². The third-order valence-electron chi connectivity index (χ3n) is 4.21. The number of sulfone groups is 1. The van der Waals surface area contributed by atoms with Gasteiger partial charge >= 0.3 is 0 Å². The van der Waals surface area contributed by atoms with Crippen LogP contribution in [0.4, 0.5) is 0 Å². The first kappa shape index (κ1) is 14.1. The molecule has 0 bridgehead atoms. The molecule has 0 radical (unpaired) electrons. The van der Waals surface area contributed by atoms with Crippen LogP contribution in [-0.2, 0) is 15.4 Å². The third-order valence-corrected chi connectivity index (χ3v) is 6.10. The summed E-state index contributed by atoms with van der Waals surface area (Å²) in [6.45, 7) is 3.59. The number of hydrogen-bond acceptors (Lipinski definition) is 3. The highest BCUT2D eigenvalue weighted by Gasteiger charge is 2.41. The largest absolute Gasteiger partial charge is 0.294 e. The molecule has 2 heterocycles. The van der Waals surface area contributed by atoms with Crippen molar-refractivity contribution >= 4 is 9.84 Å². The van der Waals surface area contributed by atoms with Crippen molar-refractivity contribution in [1.29, 1.82) is 0 Å². The first-order valence-electron chi connectivity index (χ1n) is 6.90. The molecular formula is C15H18N2O3S. The van der Waals surface area contributed by atoms with E-state index in [2.05, 4.69) is 5.10 Å². The van der Waals surface area contributed by atoms with E-state index in [9.17, 15) is 13.2 Å². The molecule has 0 aliphatic carbocycles. The van der Waals surface area contributed by atoms with Gasteiger partial charge in [-0.25, -0.2) is 13.1 Å². The molecule has 0 spiro atoms. The van der Waals surface area contributed by atoms with Crippen LogP contribution >= 0.6 is 0 Å². The van der Waals surface area contributed by atoms with Gasteiger partial charge in [-0.05, 0) is 25.8 Å². The summed E-state index contributed by atoms with van der Waals surface area (Å²) in [6.07, 6.45) is 0.462. The van der Waals surface area contributed by atoms with Gasteiger partial charge in [0.25, 0.3) is 5.56 Å². The van der Waals surface area contributed by atoms with Crippen molar-refractivity contribution < 1.29 is 8.42 Å². The topological polar surface area (TPSA) is 71.9 Å². The summed E-state index contributed by atoms with van der Waals surface area (Å²) in [7, 11) is -3.07. The van der Waals surface area contributed by atoms with Crippen LogP contribution in [0.1, 0.15) is 18.9 Å². The Bertz CT molecular complexity index is 834. The normalized spacial score (nSPS) is 24.3. The lowest BCUT2D eigenvalue weighted by molar-refractivity contribution is 0.320. The van der Waals surface area contributed by atoms with Crippen LogP contribution in [0.15, 0.2) is 35.1 Å². The number of rotatable bonds is 2. The number of nitrogens with zero attached hydrogens (tertiary/aromatic N) is 1. The minimum absolute atomic E-state index is 0.00803. The Kier molecular flexibility index (Phi) is 3.09. The fraction of sp³-hybridized carbons (Fsp3) is 0.400. The second-order valence-electron chi connectivity index (χ2n) is 5.96. The zero-order chi connectivity index (χ0) is 15.3. The molecule has 1 fully saturated rings. The highest BCUT2D eigenvalue weighted by molar-refractivity contribution is 7.91. The number of nitrogens with one attached hydrogen (secondary N) is 1. The fourth-order valence-electron chi connectivity index (χ4n) is 2.96. The molecule has 0 saturated carbocycles. The van der Waals surface area contributed by atoms with Gasteiger partial charge in [-0.3, -0.25) is 9.89 Å². The molecule has 1 aliphatic heterocycles. The van der Waals surface area contributed by atoms with E-state index in [4.69, 9.17) is 0 Å². The molecule has 1 aromatic heterocycles. The molecule has 1 aliphatic rings. The van der Waals surface area contributed by atoms with Gasteiger partial charge in [-0.15, -0.1) is 0 Å². The predicted molar refractivity (Wildman–Crippen MR) is 82.1 cm³/mol. The first-order valence-corrected chi connectivity index (χ1v) is 8.72. The van der Waals surface area contributed by atoms with Gasteiger partial charge in [0.2, 0.25) is 0 Å². The van der Waals surface area contributed by atoms with Crippen LogP contribution < -0.4 is 5.56 Å². The van der Waals surface area contributed by atoms with E-state index in [-0.39, 0.29) is 17.1 Å². The van der Waals surface area contributed by atoms with E-state index in [0.29, 0.717) is 12.0 Å². The molecule has 0 amide bonds. The summed E-state index contributed by atoms with van der Waals surface area (Å²) in [5, 5.41) is 3.13. The van der Waals surface area contributed by atoms with Crippen molar-refractivity contribution in [2.45, 2.75) is 25.8 Å². The van der Waals surface area contributed by atoms with Crippen molar-refractivity contribution in [2.24, 2.45) is 0 Å². The van der Waals surface area contributed by atoms with Crippen molar-refractivity contribution in [3.8, 4) is 11.3 Å². The quantitative estimate of drug-likeness (QED) is 0.917. The van der Waals surface area contributed by atoms with Crippen molar-refractivity contribution in [2.75, 3.05) is 11.5 Å². The summed E-state index contributed by atoms with van der Waals surface area (Å²) >= 11 is 0. The van der Waals surface area contributed by atoms with Gasteiger partial charge in [-0.2, -0.15) is 0 Å². The maximum atomic E-state index is 12.5. The van der Waals surface area contributed by atoms with Crippen LogP contribution in [0.5, 0.6) is 0 Å². The standard InChI is InChI=1S/C15H18N2O3S/c1-11-13(12-6-4-3-5-7-12)16-17(14(11)18)15(2)8-9-21(19,20)10-15/h3-7,16H,8-10H2,1-2H3. The SMILES string of the molecule is Cc1c(-c2ccccc2)[nH]n(C2(C)CCS(=O)(=O)C2)c1=O. The van der Waals surface area contributed by atoms with Gasteiger partial charge in [0.15, 0.2) is 9.84 Å². The van der Waals surface area contributed by atoms with Crippen molar-refractivity contribution in [3.63, 3.8) is 0 Å². The molecular weight excluding hydrogens is 288 g/mol. The average molecular weight is 306 g/mol. The Balaban J connectivity index is 2.13. The van der Waals surface area contributed by atoms with Crippen LogP contribution in [0.3, 0.4) is 0 Å². The number of aromatic amines is 1. The van der Waals surface area contributed by atoms with Gasteiger partial charge in [0.1, 0.15) is 0 Å². The zero-order valence-corrected chi connectivity index (χ0v) is 12.9. The van der Waals surface area contributed by atoms with E-state index in [0.717, 1.165) is 11.3 Å². The lowest BCUT2D eigenvalue weighted by Crippen LogP contribution is -2.39. The predicted octanol–water partition coefficient (Wildman–Crippen LogP) is 1.69. The zero-order valence-electron chi connectivity index (χ0n) is 12.1. The molecule has 5 nitrogen and oxygen atoms in total. The Morgan fingerprint density at radius 3 is 2.48 bits per heavy atom. The summed E-state index contributed by atoms with van der Waals surface area (Å²) in [6, 6.07) is 9.59. The van der Waals surface area contributed by atoms with Gasteiger partial charge in [-0.1, -0.05) is 30.3 Å². The highest BCUT2D eigenvalue weighted by Crippen LogP contribution is 2.30. The lowest BCUT2D eigenvalue weighted by atomic mass is 10.0. The molecule has 1 atom stereocenters. The minimum atomic E-state index is -3.07. The van der Waals surface area contributed by atoms with Gasteiger partial charge < -0.3 is 0 Å². The molecule has 112 valence electrons. The van der Waals surface area contributed by atoms with Crippen LogP contribution in [-0.4, -0.2) is 29.7 Å². The van der Waals surface area contributed by atoms with E-state index in [1.807, 2.05) is 37.3 Å². The van der Waals surface area contributed by atoms with Crippen molar-refractivity contribution in [3.05, 3.63) is 46.2 Å². The fourth-order valence-corrected chi connectivity index (χ4v) is 5.07. The molecule has 1 saturated heterocycles. The maximum Gasteiger partial charge on any atom is 0.270 e. The monoisotopic (exact) mass is 306 g/mol. The van der Waals surface area contributed by atoms with Crippen LogP contribution in [0, 0.1) is 6.92 Å². The Morgan fingerprint density at radius 2 is 1.90 bits per heavy atom. The Hall–Kier alpha value is -1.82. The molecule has 6 heteroatoms. The third kappa shape index (κ3) is 2.33.